The fraction of sp³-hybridized carbons (Fsp3) is 0.400. The van der Waals surface area contributed by atoms with Crippen molar-refractivity contribution >= 4 is 29.3 Å². The third-order valence-corrected chi connectivity index (χ3v) is 5.28. The Balaban J connectivity index is 1.93. The molecule has 0 fully saturated rings. The van der Waals surface area contributed by atoms with E-state index < -0.39 is 0 Å². The van der Waals surface area contributed by atoms with Gasteiger partial charge in [-0.05, 0) is 52.3 Å². The molecule has 0 aliphatic carbocycles. The van der Waals surface area contributed by atoms with E-state index in [2.05, 4.69) is 15.3 Å². The van der Waals surface area contributed by atoms with E-state index in [1.165, 1.54) is 16.7 Å². The molecule has 1 N–H and O–H groups in total. The number of hydrogen-bond acceptors (Lipinski definition) is 5. The normalized spacial score (nSPS) is 11.8. The summed E-state index contributed by atoms with van der Waals surface area (Å²) >= 11 is 1.30. The number of anilines is 1. The lowest BCUT2D eigenvalue weighted by Gasteiger charge is -2.20. The number of amides is 2. The minimum atomic E-state index is -0.385. The van der Waals surface area contributed by atoms with Crippen molar-refractivity contribution in [1.82, 2.24) is 14.9 Å². The minimum absolute atomic E-state index is 0.00950. The lowest BCUT2D eigenvalue weighted by molar-refractivity contribution is -0.132. The largest absolute Gasteiger partial charge is 0.335 e. The topological polar surface area (TPSA) is 75.2 Å². The third kappa shape index (κ3) is 5.79. The van der Waals surface area contributed by atoms with Crippen LogP contribution in [0.2, 0.25) is 0 Å². The monoisotopic (exact) mass is 386 g/mol. The molecule has 7 heteroatoms. The summed E-state index contributed by atoms with van der Waals surface area (Å²) in [5.74, 6) is -0.372. The standard InChI is InChI=1S/C20H26N4O2S/c1-12-7-9-17(10-8-12)23-18(25)11-24(6)19(26)16(5)27-20-21-14(3)13(2)15(4)22-20/h7-10,16H,11H2,1-6H3,(H,23,25)/t16-/m1/s1. The van der Waals surface area contributed by atoms with Crippen molar-refractivity contribution in [3.05, 3.63) is 46.8 Å². The fourth-order valence-electron chi connectivity index (χ4n) is 2.44. The van der Waals surface area contributed by atoms with Crippen LogP contribution in [-0.4, -0.2) is 45.5 Å². The van der Waals surface area contributed by atoms with Crippen molar-refractivity contribution in [3.8, 4) is 0 Å². The van der Waals surface area contributed by atoms with Gasteiger partial charge in [0.25, 0.3) is 0 Å². The molecule has 6 nitrogen and oxygen atoms in total. The van der Waals surface area contributed by atoms with E-state index in [4.69, 9.17) is 0 Å². The predicted octanol–water partition coefficient (Wildman–Crippen LogP) is 3.29. The van der Waals surface area contributed by atoms with Crippen molar-refractivity contribution in [2.75, 3.05) is 18.9 Å². The van der Waals surface area contributed by atoms with Crippen LogP contribution in [0, 0.1) is 27.7 Å². The summed E-state index contributed by atoms with van der Waals surface area (Å²) in [6, 6.07) is 7.53. The second-order valence-electron chi connectivity index (χ2n) is 6.67. The van der Waals surface area contributed by atoms with Gasteiger partial charge >= 0.3 is 0 Å². The number of nitrogens with zero attached hydrogens (tertiary/aromatic N) is 3. The van der Waals surface area contributed by atoms with Crippen LogP contribution in [0.1, 0.15) is 29.4 Å². The molecule has 2 amide bonds. The molecule has 0 unspecified atom stereocenters. The van der Waals surface area contributed by atoms with Crippen LogP contribution in [0.25, 0.3) is 0 Å². The van der Waals surface area contributed by atoms with Crippen molar-refractivity contribution in [2.45, 2.75) is 45.0 Å². The molecule has 0 saturated carbocycles. The summed E-state index contributed by atoms with van der Waals surface area (Å²) in [5.41, 5.74) is 4.72. The van der Waals surface area contributed by atoms with Gasteiger partial charge in [-0.1, -0.05) is 29.5 Å². The highest BCUT2D eigenvalue weighted by atomic mass is 32.2. The second kappa shape index (κ2) is 8.99. The van der Waals surface area contributed by atoms with E-state index in [0.717, 1.165) is 22.5 Å². The molecule has 27 heavy (non-hydrogen) atoms. The maximum absolute atomic E-state index is 12.6. The first kappa shape index (κ1) is 20.9. The van der Waals surface area contributed by atoms with Gasteiger partial charge < -0.3 is 10.2 Å². The van der Waals surface area contributed by atoms with E-state index >= 15 is 0 Å². The average molecular weight is 387 g/mol. The number of benzene rings is 1. The predicted molar refractivity (Wildman–Crippen MR) is 109 cm³/mol. The van der Waals surface area contributed by atoms with E-state index in [-0.39, 0.29) is 23.6 Å². The number of aryl methyl sites for hydroxylation is 3. The second-order valence-corrected chi connectivity index (χ2v) is 7.98. The lowest BCUT2D eigenvalue weighted by Crippen LogP contribution is -2.39. The van der Waals surface area contributed by atoms with Crippen molar-refractivity contribution in [3.63, 3.8) is 0 Å². The first-order valence-corrected chi connectivity index (χ1v) is 9.65. The zero-order valence-corrected chi connectivity index (χ0v) is 17.5. The molecule has 144 valence electrons. The van der Waals surface area contributed by atoms with Gasteiger partial charge in [0, 0.05) is 24.1 Å². The first-order valence-electron chi connectivity index (χ1n) is 8.77. The highest BCUT2D eigenvalue weighted by molar-refractivity contribution is 8.00. The van der Waals surface area contributed by atoms with Crippen LogP contribution in [-0.2, 0) is 9.59 Å². The van der Waals surface area contributed by atoms with E-state index in [1.54, 1.807) is 14.0 Å². The Labute approximate surface area is 164 Å². The number of thioether (sulfide) groups is 1. The smallest absolute Gasteiger partial charge is 0.243 e. The summed E-state index contributed by atoms with van der Waals surface area (Å²) in [6.07, 6.45) is 0. The molecule has 1 atom stereocenters. The Morgan fingerprint density at radius 2 is 1.63 bits per heavy atom. The highest BCUT2D eigenvalue weighted by Crippen LogP contribution is 2.23. The Morgan fingerprint density at radius 1 is 1.07 bits per heavy atom. The molecule has 1 heterocycles. The van der Waals surface area contributed by atoms with Gasteiger partial charge in [-0.2, -0.15) is 0 Å². The molecule has 0 spiro atoms. The van der Waals surface area contributed by atoms with Crippen molar-refractivity contribution in [2.24, 2.45) is 0 Å². The maximum atomic E-state index is 12.6. The molecule has 2 rings (SSSR count). The van der Waals surface area contributed by atoms with Crippen molar-refractivity contribution in [1.29, 1.82) is 0 Å². The molecular weight excluding hydrogens is 360 g/mol. The maximum Gasteiger partial charge on any atom is 0.243 e. The quantitative estimate of drug-likeness (QED) is 0.609. The molecule has 0 aliphatic rings. The van der Waals surface area contributed by atoms with Crippen LogP contribution in [0.5, 0.6) is 0 Å². The molecule has 1 aromatic carbocycles. The summed E-state index contributed by atoms with van der Waals surface area (Å²) in [4.78, 5) is 35.1. The fourth-order valence-corrected chi connectivity index (χ4v) is 3.42. The van der Waals surface area contributed by atoms with E-state index in [0.29, 0.717) is 10.8 Å². The summed E-state index contributed by atoms with van der Waals surface area (Å²) in [7, 11) is 1.63. The van der Waals surface area contributed by atoms with E-state index in [9.17, 15) is 9.59 Å². The molecule has 0 bridgehead atoms. The van der Waals surface area contributed by atoms with Crippen LogP contribution < -0.4 is 5.32 Å². The summed E-state index contributed by atoms with van der Waals surface area (Å²) in [5, 5.41) is 2.99. The molecule has 0 radical (unpaired) electrons. The number of likely N-dealkylation sites (N-methyl/N-ethyl adjacent to an activating group) is 1. The molecule has 0 aliphatic heterocycles. The zero-order valence-electron chi connectivity index (χ0n) is 16.7. The Hall–Kier alpha value is -2.41. The lowest BCUT2D eigenvalue weighted by atomic mass is 10.2. The highest BCUT2D eigenvalue weighted by Gasteiger charge is 2.22. The first-order chi connectivity index (χ1) is 12.7. The minimum Gasteiger partial charge on any atom is -0.335 e. The number of rotatable bonds is 6. The number of hydrogen-bond donors (Lipinski definition) is 1. The van der Waals surface area contributed by atoms with Crippen molar-refractivity contribution < 1.29 is 9.59 Å². The number of nitrogens with one attached hydrogen (secondary N) is 1. The summed E-state index contributed by atoms with van der Waals surface area (Å²) < 4.78 is 0. The van der Waals surface area contributed by atoms with Gasteiger partial charge in [-0.15, -0.1) is 0 Å². The van der Waals surface area contributed by atoms with Crippen LogP contribution in [0.4, 0.5) is 5.69 Å². The number of carbonyl (C=O) groups is 2. The third-order valence-electron chi connectivity index (χ3n) is 4.33. The SMILES string of the molecule is Cc1ccc(NC(=O)CN(C)C(=O)[C@@H](C)Sc2nc(C)c(C)c(C)n2)cc1. The van der Waals surface area contributed by atoms with Crippen LogP contribution in [0.3, 0.4) is 0 Å². The Kier molecular flexibility index (Phi) is 6.96. The van der Waals surface area contributed by atoms with Gasteiger partial charge in [0.1, 0.15) is 0 Å². The van der Waals surface area contributed by atoms with Gasteiger partial charge in [-0.3, -0.25) is 9.59 Å². The molecular formula is C20H26N4O2S. The van der Waals surface area contributed by atoms with Gasteiger partial charge in [0.15, 0.2) is 5.16 Å². The Bertz CT molecular complexity index is 813. The zero-order chi connectivity index (χ0) is 20.1. The van der Waals surface area contributed by atoms with Gasteiger partial charge in [-0.25, -0.2) is 9.97 Å². The van der Waals surface area contributed by atoms with Gasteiger partial charge in [0.2, 0.25) is 11.8 Å². The van der Waals surface area contributed by atoms with E-state index in [1.807, 2.05) is 52.0 Å². The molecule has 2 aromatic rings. The van der Waals surface area contributed by atoms with Gasteiger partial charge in [0.05, 0.1) is 11.8 Å². The Morgan fingerprint density at radius 3 is 2.19 bits per heavy atom. The average Bonchev–Trinajstić information content (AvgIpc) is 2.60. The van der Waals surface area contributed by atoms with Crippen LogP contribution >= 0.6 is 11.8 Å². The number of carbonyl (C=O) groups excluding carboxylic acids is 2. The summed E-state index contributed by atoms with van der Waals surface area (Å²) in [6.45, 7) is 9.62. The van der Waals surface area contributed by atoms with Crippen LogP contribution in [0.15, 0.2) is 29.4 Å². The molecule has 1 aromatic heterocycles. The molecule has 0 saturated heterocycles. The number of aromatic nitrogens is 2.